The first-order valence-electron chi connectivity index (χ1n) is 8.58. The molecular weight excluding hydrogens is 364 g/mol. The van der Waals surface area contributed by atoms with Crippen LogP contribution in [0.2, 0.25) is 0 Å². The van der Waals surface area contributed by atoms with E-state index in [2.05, 4.69) is 20.0 Å². The minimum absolute atomic E-state index is 0.283. The summed E-state index contributed by atoms with van der Waals surface area (Å²) in [7, 11) is 0. The number of hydrogen-bond donors (Lipinski definition) is 1. The van der Waals surface area contributed by atoms with Gasteiger partial charge >= 0.3 is 0 Å². The molecule has 0 aliphatic carbocycles. The molecule has 136 valence electrons. The van der Waals surface area contributed by atoms with Gasteiger partial charge in [0.1, 0.15) is 5.82 Å². The van der Waals surface area contributed by atoms with Gasteiger partial charge in [0, 0.05) is 30.4 Å². The van der Waals surface area contributed by atoms with E-state index in [4.69, 9.17) is 10.5 Å². The number of morpholine rings is 1. The summed E-state index contributed by atoms with van der Waals surface area (Å²) in [5.74, 6) is 0.283. The molecule has 2 aromatic heterocycles. The summed E-state index contributed by atoms with van der Waals surface area (Å²) in [6.45, 7) is 2.84. The number of nitrogen functional groups attached to an aromatic ring is 1. The summed E-state index contributed by atoms with van der Waals surface area (Å²) in [6, 6.07) is 7.76. The Bertz CT molecular complexity index is 1160. The van der Waals surface area contributed by atoms with Crippen LogP contribution in [0.1, 0.15) is 11.1 Å². The molecule has 27 heavy (non-hydrogen) atoms. The number of aromatic nitrogens is 3. The average Bonchev–Trinajstić information content (AvgIpc) is 3.30. The minimum Gasteiger partial charge on any atom is -0.383 e. The first kappa shape index (κ1) is 16.2. The lowest BCUT2D eigenvalue weighted by atomic mass is 10.1. The van der Waals surface area contributed by atoms with Crippen LogP contribution in [0.25, 0.3) is 16.6 Å². The number of benzene rings is 1. The van der Waals surface area contributed by atoms with Crippen LogP contribution in [-0.2, 0) is 4.74 Å². The van der Waals surface area contributed by atoms with Crippen molar-refractivity contribution in [2.45, 2.75) is 0 Å². The van der Waals surface area contributed by atoms with E-state index in [0.29, 0.717) is 23.7 Å². The van der Waals surface area contributed by atoms with Crippen molar-refractivity contribution in [1.82, 2.24) is 14.6 Å². The Balaban J connectivity index is 1.60. The molecule has 0 spiro atoms. The molecule has 0 unspecified atom stereocenters. The zero-order valence-corrected chi connectivity index (χ0v) is 15.1. The normalized spacial score (nSPS) is 17.8. The predicted molar refractivity (Wildman–Crippen MR) is 107 cm³/mol. The van der Waals surface area contributed by atoms with Crippen LogP contribution in [0.5, 0.6) is 0 Å². The Morgan fingerprint density at radius 1 is 1.22 bits per heavy atom. The smallest absolute Gasteiger partial charge is 0.283 e. The quantitative estimate of drug-likeness (QED) is 0.728. The minimum atomic E-state index is -0.366. The Morgan fingerprint density at radius 2 is 2.04 bits per heavy atom. The van der Waals surface area contributed by atoms with E-state index in [1.807, 2.05) is 24.3 Å². The van der Waals surface area contributed by atoms with Crippen molar-refractivity contribution in [1.29, 1.82) is 0 Å². The summed E-state index contributed by atoms with van der Waals surface area (Å²) in [6.07, 6.45) is 3.47. The third kappa shape index (κ3) is 2.71. The first-order valence-corrected chi connectivity index (χ1v) is 9.39. The fourth-order valence-corrected chi connectivity index (χ4v) is 4.15. The van der Waals surface area contributed by atoms with Crippen molar-refractivity contribution in [2.24, 2.45) is 4.99 Å². The summed E-state index contributed by atoms with van der Waals surface area (Å²) in [5.41, 5.74) is 8.93. The Labute approximate surface area is 158 Å². The molecule has 4 heterocycles. The van der Waals surface area contributed by atoms with E-state index < -0.39 is 0 Å². The zero-order valence-electron chi connectivity index (χ0n) is 14.3. The van der Waals surface area contributed by atoms with Gasteiger partial charge in [0.2, 0.25) is 10.1 Å². The highest BCUT2D eigenvalue weighted by Gasteiger charge is 2.20. The molecule has 5 rings (SSSR count). The average molecular weight is 380 g/mol. The molecule has 8 nitrogen and oxygen atoms in total. The first-order chi connectivity index (χ1) is 13.2. The van der Waals surface area contributed by atoms with Gasteiger partial charge in [0.25, 0.3) is 5.56 Å². The maximum atomic E-state index is 12.6. The van der Waals surface area contributed by atoms with E-state index >= 15 is 0 Å². The second-order valence-corrected chi connectivity index (χ2v) is 7.20. The van der Waals surface area contributed by atoms with Crippen LogP contribution in [0.4, 0.5) is 16.6 Å². The van der Waals surface area contributed by atoms with Gasteiger partial charge in [-0.3, -0.25) is 9.79 Å². The molecule has 2 N–H and O–H groups in total. The number of nitrogens with zero attached hydrogens (tertiary/aromatic N) is 5. The van der Waals surface area contributed by atoms with E-state index in [1.54, 1.807) is 16.8 Å². The third-order valence-electron chi connectivity index (χ3n) is 4.62. The number of anilines is 2. The number of rotatable bonds is 2. The highest BCUT2D eigenvalue weighted by Crippen LogP contribution is 2.32. The SMILES string of the molecule is Nc1c(/C=C2\C=Nc3ccccc32)c(=O)nc2sc(N3CCOCC3)nn12. The lowest BCUT2D eigenvalue weighted by molar-refractivity contribution is 0.122. The molecule has 0 atom stereocenters. The van der Waals surface area contributed by atoms with Crippen molar-refractivity contribution >= 4 is 50.8 Å². The summed E-state index contributed by atoms with van der Waals surface area (Å²) >= 11 is 1.36. The van der Waals surface area contributed by atoms with Crippen molar-refractivity contribution in [3.05, 3.63) is 45.7 Å². The van der Waals surface area contributed by atoms with Gasteiger partial charge in [-0.05, 0) is 12.1 Å². The van der Waals surface area contributed by atoms with E-state index in [9.17, 15) is 4.79 Å². The standard InChI is InChI=1S/C18H16N6O2S/c19-15-13(9-11-10-20-14-4-2-1-3-12(11)14)16(25)21-17-24(15)22-18(27-17)23-5-7-26-8-6-23/h1-4,9-10H,5-8,19H2/b11-9+. The second kappa shape index (κ2) is 6.29. The molecule has 3 aromatic rings. The molecule has 9 heteroatoms. The van der Waals surface area contributed by atoms with Crippen LogP contribution >= 0.6 is 11.3 Å². The molecular formula is C18H16N6O2S. The Kier molecular flexibility index (Phi) is 3.76. The number of aliphatic imine (C=N–C) groups is 1. The van der Waals surface area contributed by atoms with Crippen molar-refractivity contribution in [3.8, 4) is 0 Å². The van der Waals surface area contributed by atoms with Gasteiger partial charge in [0.15, 0.2) is 0 Å². The fraction of sp³-hybridized carbons (Fsp3) is 0.222. The molecule has 2 aliphatic heterocycles. The van der Waals surface area contributed by atoms with Gasteiger partial charge in [-0.15, -0.1) is 5.10 Å². The number of ether oxygens (including phenoxy) is 1. The topological polar surface area (TPSA) is 98.1 Å². The molecule has 0 bridgehead atoms. The van der Waals surface area contributed by atoms with Crippen molar-refractivity contribution in [2.75, 3.05) is 36.9 Å². The highest BCUT2D eigenvalue weighted by atomic mass is 32.1. The lowest BCUT2D eigenvalue weighted by Crippen LogP contribution is -2.36. The van der Waals surface area contributed by atoms with E-state index in [0.717, 1.165) is 35.0 Å². The lowest BCUT2D eigenvalue weighted by Gasteiger charge is -2.25. The van der Waals surface area contributed by atoms with Gasteiger partial charge in [-0.25, -0.2) is 0 Å². The molecule has 1 fully saturated rings. The van der Waals surface area contributed by atoms with Gasteiger partial charge < -0.3 is 15.4 Å². The van der Waals surface area contributed by atoms with Crippen LogP contribution in [0.15, 0.2) is 34.1 Å². The number of nitrogens with two attached hydrogens (primary N) is 1. The molecule has 1 aromatic carbocycles. The molecule has 2 aliphatic rings. The largest absolute Gasteiger partial charge is 0.383 e. The molecule has 1 saturated heterocycles. The second-order valence-electron chi connectivity index (χ2n) is 6.27. The number of hydrogen-bond acceptors (Lipinski definition) is 8. The molecule has 0 radical (unpaired) electrons. The fourth-order valence-electron chi connectivity index (χ4n) is 3.20. The number of para-hydroxylation sites is 1. The number of fused-ring (bicyclic) bond motifs is 2. The highest BCUT2D eigenvalue weighted by molar-refractivity contribution is 7.20. The molecule has 0 amide bonds. The molecule has 0 saturated carbocycles. The van der Waals surface area contributed by atoms with Gasteiger partial charge in [-0.2, -0.15) is 9.50 Å². The van der Waals surface area contributed by atoms with Crippen molar-refractivity contribution < 1.29 is 4.74 Å². The van der Waals surface area contributed by atoms with Crippen LogP contribution in [0.3, 0.4) is 0 Å². The summed E-state index contributed by atoms with van der Waals surface area (Å²) < 4.78 is 6.92. The van der Waals surface area contributed by atoms with E-state index in [-0.39, 0.29) is 11.4 Å². The third-order valence-corrected chi connectivity index (χ3v) is 5.59. The zero-order chi connectivity index (χ0) is 18.4. The maximum absolute atomic E-state index is 12.6. The van der Waals surface area contributed by atoms with Crippen LogP contribution < -0.4 is 16.2 Å². The summed E-state index contributed by atoms with van der Waals surface area (Å²) in [4.78, 5) is 23.7. The van der Waals surface area contributed by atoms with Gasteiger partial charge in [-0.1, -0.05) is 29.5 Å². The van der Waals surface area contributed by atoms with Crippen LogP contribution in [0, 0.1) is 0 Å². The Morgan fingerprint density at radius 3 is 2.89 bits per heavy atom. The Hall–Kier alpha value is -3.04. The summed E-state index contributed by atoms with van der Waals surface area (Å²) in [5, 5.41) is 5.36. The van der Waals surface area contributed by atoms with E-state index in [1.165, 1.54) is 11.3 Å². The van der Waals surface area contributed by atoms with Crippen LogP contribution in [-0.4, -0.2) is 47.1 Å². The predicted octanol–water partition coefficient (Wildman–Crippen LogP) is 1.83. The van der Waals surface area contributed by atoms with Crippen molar-refractivity contribution in [3.63, 3.8) is 0 Å². The number of allylic oxidation sites excluding steroid dienone is 1. The van der Waals surface area contributed by atoms with Gasteiger partial charge in [0.05, 0.1) is 24.5 Å². The monoisotopic (exact) mass is 380 g/mol. The maximum Gasteiger partial charge on any atom is 0.283 e.